The highest BCUT2D eigenvalue weighted by molar-refractivity contribution is 6.90. The standard InChI is InChI=1S/C20H26.C19H26.C18H26Si.C18H24.C16H20O.C13H20.C11H16/c1-14-16-11-7-8-12-17(16)18(15-9-5-6-10-15)13-19(14)20(2,3)4;2*1-13-14-10-8-9-11-15(14)17(19(5,6)7)12-16(13)18(2,3)4;1-12(2)16-11-17(18(4,5)6)13(3)14-9-7-8-10-15(14)16;1-11-12-8-6-7-9-13(12)15(17-5)10-14(11)16(2,3)4;1-9-7-10(2)11(3)12(8-9)13(4,5)6;1-9-7-5-6-8-10(9)11(2,3)4/h7-8,11-13,15H,5-6,9-10H2,1-4H3;2*8-12H,1-7H3;7-12H,1-6H3;6-10H,1-5H3;7-8H,1-6H3;5-8H,1-4H3. The molecule has 1 nitrogen and oxygen atoms in total. The van der Waals surface area contributed by atoms with E-state index in [-0.39, 0.29) is 43.3 Å². The van der Waals surface area contributed by atoms with Gasteiger partial charge in [-0.3, -0.25) is 0 Å². The van der Waals surface area contributed by atoms with Crippen LogP contribution in [0.3, 0.4) is 0 Å². The van der Waals surface area contributed by atoms with Gasteiger partial charge in [0.15, 0.2) is 0 Å². The zero-order chi connectivity index (χ0) is 88.0. The van der Waals surface area contributed by atoms with Gasteiger partial charge in [-0.1, -0.05) is 405 Å². The van der Waals surface area contributed by atoms with Crippen LogP contribution in [0.4, 0.5) is 0 Å². The van der Waals surface area contributed by atoms with Gasteiger partial charge in [-0.25, -0.2) is 0 Å². The molecule has 1 aliphatic rings. The SMILES string of the molecule is COc1cc(C(C)(C)C)c(C)c2ccccc12.Cc1c(C(C)(C)C)cc(C(C)(C)C)c2ccccc12.Cc1c(C(C)(C)C)cc(C(C)C)c2ccccc12.Cc1c(C(C)(C)C)cc(C2CCCC2)c2ccccc12.Cc1c(C(C)(C)C)cc([Si](C)(C)C)c2ccccc12.Cc1cc(C)c(C)c(C(C)(C)C)c1.Cc1ccccc1C(C)(C)C. The van der Waals surface area contributed by atoms with E-state index in [1.807, 2.05) is 0 Å². The zero-order valence-corrected chi connectivity index (χ0v) is 82.3. The van der Waals surface area contributed by atoms with E-state index in [1.54, 1.807) is 17.9 Å². The predicted molar refractivity (Wildman–Crippen MR) is 530 cm³/mol. The quantitative estimate of drug-likeness (QED) is 0.160. The lowest BCUT2D eigenvalue weighted by molar-refractivity contribution is 0.417. The van der Waals surface area contributed by atoms with Gasteiger partial charge < -0.3 is 4.74 Å². The van der Waals surface area contributed by atoms with Crippen molar-refractivity contribution in [3.63, 3.8) is 0 Å². The molecule has 0 aromatic heterocycles. The summed E-state index contributed by atoms with van der Waals surface area (Å²) in [4.78, 5) is 0. The van der Waals surface area contributed by atoms with Crippen molar-refractivity contribution < 1.29 is 4.74 Å². The average Bonchev–Trinajstić information content (AvgIpc) is 1.74. The molecule has 0 heterocycles. The Kier molecular flexibility index (Phi) is 31.0. The maximum Gasteiger partial charge on any atom is 0.126 e. The number of ether oxygens (including phenoxy) is 1. The first-order valence-corrected chi connectivity index (χ1v) is 47.7. The van der Waals surface area contributed by atoms with Gasteiger partial charge in [0, 0.05) is 5.39 Å². The minimum Gasteiger partial charge on any atom is -0.496 e. The molecule has 0 aliphatic heterocycles. The predicted octanol–water partition coefficient (Wildman–Crippen LogP) is 34.1. The largest absolute Gasteiger partial charge is 0.496 e. The van der Waals surface area contributed by atoms with Crippen molar-refractivity contribution >= 4 is 67.1 Å². The molecule has 0 amide bonds. The van der Waals surface area contributed by atoms with Crippen LogP contribution in [-0.2, 0) is 43.3 Å². The lowest BCUT2D eigenvalue weighted by Crippen LogP contribution is -2.39. The number of benzene rings is 12. The summed E-state index contributed by atoms with van der Waals surface area (Å²) in [6, 6.07) is 69.1. The summed E-state index contributed by atoms with van der Waals surface area (Å²) in [6.07, 6.45) is 5.54. The second-order valence-corrected chi connectivity index (χ2v) is 48.9. The summed E-state index contributed by atoms with van der Waals surface area (Å²) in [6.45, 7) is 86.9. The molecule has 12 aromatic rings. The summed E-state index contributed by atoms with van der Waals surface area (Å²) in [5.74, 6) is 2.31. The molecule has 0 unspecified atom stereocenters. The second kappa shape index (κ2) is 37.7. The summed E-state index contributed by atoms with van der Waals surface area (Å²) < 4.78 is 5.52. The Morgan fingerprint density at radius 2 is 0.590 bits per heavy atom. The maximum atomic E-state index is 5.52. The Hall–Kier alpha value is -8.04. The monoisotopic (exact) mass is 1580 g/mol. The first kappa shape index (κ1) is 96.1. The summed E-state index contributed by atoms with van der Waals surface area (Å²) in [5.41, 5.74) is 29.2. The van der Waals surface area contributed by atoms with Crippen LogP contribution in [-0.4, -0.2) is 15.2 Å². The number of rotatable bonds is 4. The van der Waals surface area contributed by atoms with E-state index < -0.39 is 8.07 Å². The smallest absolute Gasteiger partial charge is 0.126 e. The molecule has 117 heavy (non-hydrogen) atoms. The molecule has 628 valence electrons. The molecule has 0 atom stereocenters. The Morgan fingerprint density at radius 3 is 0.983 bits per heavy atom. The van der Waals surface area contributed by atoms with Gasteiger partial charge in [0.25, 0.3) is 0 Å². The molecule has 13 rings (SSSR count). The zero-order valence-electron chi connectivity index (χ0n) is 81.3. The van der Waals surface area contributed by atoms with Gasteiger partial charge >= 0.3 is 0 Å². The van der Waals surface area contributed by atoms with Gasteiger partial charge in [-0.15, -0.1) is 0 Å². The molecule has 2 heteroatoms. The molecule has 1 saturated carbocycles. The molecular weight excluding hydrogens is 1430 g/mol. The van der Waals surface area contributed by atoms with Crippen molar-refractivity contribution in [2.24, 2.45) is 0 Å². The van der Waals surface area contributed by atoms with E-state index in [0.29, 0.717) is 5.92 Å². The molecule has 0 spiro atoms. The Balaban J connectivity index is 0.000000190. The van der Waals surface area contributed by atoms with E-state index in [4.69, 9.17) is 4.74 Å². The Morgan fingerprint density at radius 1 is 0.282 bits per heavy atom. The van der Waals surface area contributed by atoms with Crippen molar-refractivity contribution in [3.05, 3.63) is 294 Å². The number of fused-ring (bicyclic) bond motifs is 5. The van der Waals surface area contributed by atoms with Gasteiger partial charge in [0.05, 0.1) is 15.2 Å². The van der Waals surface area contributed by atoms with Crippen LogP contribution in [0.25, 0.3) is 53.9 Å². The van der Waals surface area contributed by atoms with Crippen molar-refractivity contribution in [1.29, 1.82) is 0 Å². The number of hydrogen-bond donors (Lipinski definition) is 0. The Labute approximate surface area is 716 Å². The molecular formula is C115H158OSi. The fourth-order valence-corrected chi connectivity index (χ4v) is 19.8. The summed E-state index contributed by atoms with van der Waals surface area (Å²) in [5, 5.41) is 15.6. The highest BCUT2D eigenvalue weighted by Crippen LogP contribution is 2.45. The molecule has 0 radical (unpaired) electrons. The first-order valence-electron chi connectivity index (χ1n) is 44.2. The second-order valence-electron chi connectivity index (χ2n) is 43.9. The highest BCUT2D eigenvalue weighted by atomic mass is 28.3. The van der Waals surface area contributed by atoms with Crippen LogP contribution in [0.2, 0.25) is 19.6 Å². The molecule has 1 fully saturated rings. The van der Waals surface area contributed by atoms with Crippen LogP contribution in [0.1, 0.15) is 323 Å². The van der Waals surface area contributed by atoms with Crippen molar-refractivity contribution in [3.8, 4) is 5.75 Å². The number of hydrogen-bond acceptors (Lipinski definition) is 1. The van der Waals surface area contributed by atoms with Crippen LogP contribution in [0, 0.1) is 62.3 Å². The van der Waals surface area contributed by atoms with Gasteiger partial charge in [-0.2, -0.15) is 0 Å². The maximum absolute atomic E-state index is 5.52. The fraction of sp³-hybridized carbons (Fsp3) is 0.461. The van der Waals surface area contributed by atoms with E-state index in [2.05, 4.69) is 450 Å². The summed E-state index contributed by atoms with van der Waals surface area (Å²) in [7, 11) is 0.409. The normalized spacial score (nSPS) is 13.2. The third-order valence-electron chi connectivity index (χ3n) is 24.5. The minimum absolute atomic E-state index is 0.140. The lowest BCUT2D eigenvalue weighted by Gasteiger charge is -2.29. The van der Waals surface area contributed by atoms with Gasteiger partial charge in [0.2, 0.25) is 0 Å². The topological polar surface area (TPSA) is 9.23 Å². The first-order chi connectivity index (χ1) is 53.8. The molecule has 1 aliphatic carbocycles. The van der Waals surface area contributed by atoms with Crippen molar-refractivity contribution in [2.45, 2.75) is 343 Å². The van der Waals surface area contributed by atoms with Crippen molar-refractivity contribution in [2.75, 3.05) is 7.11 Å². The minimum atomic E-state index is -1.33. The fourth-order valence-electron chi connectivity index (χ4n) is 18.2. The van der Waals surface area contributed by atoms with Gasteiger partial charge in [-0.05, 0) is 285 Å². The van der Waals surface area contributed by atoms with Crippen LogP contribution >= 0.6 is 0 Å². The van der Waals surface area contributed by atoms with E-state index in [1.165, 1.54) is 180 Å². The number of methoxy groups -OCH3 is 1. The molecule has 12 aromatic carbocycles. The lowest BCUT2D eigenvalue weighted by atomic mass is 9.76. The van der Waals surface area contributed by atoms with Gasteiger partial charge in [0.1, 0.15) is 5.75 Å². The summed E-state index contributed by atoms with van der Waals surface area (Å²) >= 11 is 0. The third kappa shape index (κ3) is 24.0. The number of aryl methyl sites for hydroxylation is 8. The van der Waals surface area contributed by atoms with E-state index in [9.17, 15) is 0 Å². The van der Waals surface area contributed by atoms with Crippen LogP contribution < -0.4 is 9.92 Å². The molecule has 0 bridgehead atoms. The van der Waals surface area contributed by atoms with E-state index in [0.717, 1.165) is 11.7 Å². The van der Waals surface area contributed by atoms with E-state index >= 15 is 0 Å². The molecule has 0 N–H and O–H groups in total. The Bertz CT molecular complexity index is 5260. The highest BCUT2D eigenvalue weighted by Gasteiger charge is 2.30. The average molecular weight is 1580 g/mol. The van der Waals surface area contributed by atoms with Crippen LogP contribution in [0.15, 0.2) is 188 Å². The third-order valence-corrected chi connectivity index (χ3v) is 26.5. The van der Waals surface area contributed by atoms with Crippen LogP contribution in [0.5, 0.6) is 5.75 Å². The van der Waals surface area contributed by atoms with Crippen molar-refractivity contribution in [1.82, 2.24) is 0 Å². The molecule has 0 saturated heterocycles.